The van der Waals surface area contributed by atoms with Crippen LogP contribution in [0.25, 0.3) is 0 Å². The zero-order valence-electron chi connectivity index (χ0n) is 16.9. The van der Waals surface area contributed by atoms with Crippen molar-refractivity contribution in [2.45, 2.75) is 13.5 Å². The van der Waals surface area contributed by atoms with Gasteiger partial charge in [0.1, 0.15) is 11.3 Å². The standard InChI is InChI=1S/C24H22N2O5/c1-16-11-12-21(27)19(13-16)24(30)31-15-22(28)26-20-10-6-5-9-18(20)23(29)25-14-17-7-3-2-4-8-17/h2-13,27H,14-15H2,1H3,(H,25,29)(H,26,28). The molecule has 3 aromatic carbocycles. The molecule has 0 atom stereocenters. The predicted octanol–water partition coefficient (Wildman–Crippen LogP) is 3.43. The van der Waals surface area contributed by atoms with E-state index in [4.69, 9.17) is 4.74 Å². The third-order valence-corrected chi connectivity index (χ3v) is 4.45. The molecule has 0 heterocycles. The SMILES string of the molecule is Cc1ccc(O)c(C(=O)OCC(=O)Nc2ccccc2C(=O)NCc2ccccc2)c1. The summed E-state index contributed by atoms with van der Waals surface area (Å²) in [5.74, 6) is -1.99. The van der Waals surface area contributed by atoms with Crippen LogP contribution in [0.2, 0.25) is 0 Å². The van der Waals surface area contributed by atoms with Gasteiger partial charge in [0.2, 0.25) is 0 Å². The van der Waals surface area contributed by atoms with E-state index in [1.54, 1.807) is 37.3 Å². The zero-order chi connectivity index (χ0) is 22.2. The van der Waals surface area contributed by atoms with Crippen LogP contribution >= 0.6 is 0 Å². The van der Waals surface area contributed by atoms with Crippen LogP contribution in [0.3, 0.4) is 0 Å². The number of nitrogens with one attached hydrogen (secondary N) is 2. The Bertz CT molecular complexity index is 1100. The number of aryl methyl sites for hydroxylation is 1. The number of amides is 2. The van der Waals surface area contributed by atoms with Gasteiger partial charge in [0.15, 0.2) is 6.61 Å². The van der Waals surface area contributed by atoms with Gasteiger partial charge in [-0.3, -0.25) is 9.59 Å². The van der Waals surface area contributed by atoms with Gasteiger partial charge in [0.25, 0.3) is 11.8 Å². The van der Waals surface area contributed by atoms with Crippen LogP contribution in [0.5, 0.6) is 5.75 Å². The first-order valence-electron chi connectivity index (χ1n) is 9.62. The third-order valence-electron chi connectivity index (χ3n) is 4.45. The number of hydrogen-bond acceptors (Lipinski definition) is 5. The molecule has 0 fully saturated rings. The summed E-state index contributed by atoms with van der Waals surface area (Å²) in [5.41, 5.74) is 2.28. The number of rotatable bonds is 7. The highest BCUT2D eigenvalue weighted by atomic mass is 16.5. The first kappa shape index (κ1) is 21.6. The summed E-state index contributed by atoms with van der Waals surface area (Å²) >= 11 is 0. The van der Waals surface area contributed by atoms with Gasteiger partial charge in [-0.05, 0) is 36.8 Å². The molecular formula is C24H22N2O5. The number of phenols is 1. The molecule has 3 rings (SSSR count). The fraction of sp³-hybridized carbons (Fsp3) is 0.125. The highest BCUT2D eigenvalue weighted by molar-refractivity contribution is 6.04. The summed E-state index contributed by atoms with van der Waals surface area (Å²) in [6.45, 7) is 1.55. The smallest absolute Gasteiger partial charge is 0.342 e. The van der Waals surface area contributed by atoms with E-state index in [-0.39, 0.29) is 22.8 Å². The Hall–Kier alpha value is -4.13. The Labute approximate surface area is 179 Å². The van der Waals surface area contributed by atoms with Gasteiger partial charge in [-0.25, -0.2) is 4.79 Å². The summed E-state index contributed by atoms with van der Waals surface area (Å²) in [6.07, 6.45) is 0. The highest BCUT2D eigenvalue weighted by Gasteiger charge is 2.17. The number of anilines is 1. The van der Waals surface area contributed by atoms with Gasteiger partial charge in [0.05, 0.1) is 11.3 Å². The summed E-state index contributed by atoms with van der Waals surface area (Å²) in [6, 6.07) is 20.5. The molecule has 7 nitrogen and oxygen atoms in total. The number of hydrogen-bond donors (Lipinski definition) is 3. The third kappa shape index (κ3) is 5.93. The second kappa shape index (κ2) is 10.1. The lowest BCUT2D eigenvalue weighted by atomic mass is 10.1. The molecule has 0 spiro atoms. The van der Waals surface area contributed by atoms with Crippen LogP contribution in [0.1, 0.15) is 31.8 Å². The molecule has 0 aliphatic carbocycles. The van der Waals surface area contributed by atoms with Gasteiger partial charge >= 0.3 is 5.97 Å². The van der Waals surface area contributed by atoms with E-state index in [9.17, 15) is 19.5 Å². The molecule has 0 aromatic heterocycles. The second-order valence-corrected chi connectivity index (χ2v) is 6.86. The molecule has 7 heteroatoms. The van der Waals surface area contributed by atoms with Crippen molar-refractivity contribution in [3.8, 4) is 5.75 Å². The largest absolute Gasteiger partial charge is 0.507 e. The van der Waals surface area contributed by atoms with Gasteiger partial charge in [-0.15, -0.1) is 0 Å². The molecule has 0 saturated heterocycles. The summed E-state index contributed by atoms with van der Waals surface area (Å²) in [4.78, 5) is 37.0. The number of phenolic OH excluding ortho intramolecular Hbond substituents is 1. The summed E-state index contributed by atoms with van der Waals surface area (Å²) in [7, 11) is 0. The average Bonchev–Trinajstić information content (AvgIpc) is 2.78. The minimum absolute atomic E-state index is 0.0199. The minimum atomic E-state index is -0.815. The molecule has 0 bridgehead atoms. The van der Waals surface area contributed by atoms with Gasteiger partial charge in [0, 0.05) is 6.54 Å². The number of carbonyl (C=O) groups excluding carboxylic acids is 3. The molecule has 0 aliphatic heterocycles. The molecule has 0 saturated carbocycles. The minimum Gasteiger partial charge on any atom is -0.507 e. The van der Waals surface area contributed by atoms with Crippen LogP contribution in [0, 0.1) is 6.92 Å². The molecule has 2 amide bonds. The Kier molecular flexibility index (Phi) is 7.01. The van der Waals surface area contributed by atoms with E-state index in [1.165, 1.54) is 12.1 Å². The van der Waals surface area contributed by atoms with Gasteiger partial charge < -0.3 is 20.5 Å². The Morgan fingerprint density at radius 3 is 2.39 bits per heavy atom. The maximum atomic E-state index is 12.6. The number of ether oxygens (including phenoxy) is 1. The Morgan fingerprint density at radius 1 is 0.903 bits per heavy atom. The van der Waals surface area contributed by atoms with E-state index in [0.29, 0.717) is 12.2 Å². The number of esters is 1. The van der Waals surface area contributed by atoms with E-state index in [0.717, 1.165) is 11.1 Å². The number of carbonyl (C=O) groups is 3. The molecule has 3 N–H and O–H groups in total. The van der Waals surface area contributed by atoms with Crippen LogP contribution in [-0.4, -0.2) is 29.5 Å². The quantitative estimate of drug-likeness (QED) is 0.510. The number of aromatic hydroxyl groups is 1. The van der Waals surface area contributed by atoms with E-state index in [2.05, 4.69) is 10.6 Å². The fourth-order valence-electron chi connectivity index (χ4n) is 2.87. The number of para-hydroxylation sites is 1. The van der Waals surface area contributed by atoms with E-state index in [1.807, 2.05) is 30.3 Å². The molecule has 0 radical (unpaired) electrons. The predicted molar refractivity (Wildman–Crippen MR) is 116 cm³/mol. The summed E-state index contributed by atoms with van der Waals surface area (Å²) < 4.78 is 4.99. The van der Waals surface area contributed by atoms with E-state index < -0.39 is 18.5 Å². The van der Waals surface area contributed by atoms with Crippen LogP contribution in [-0.2, 0) is 16.1 Å². The maximum Gasteiger partial charge on any atom is 0.342 e. The van der Waals surface area contributed by atoms with Crippen molar-refractivity contribution >= 4 is 23.5 Å². The van der Waals surface area contributed by atoms with Crippen molar-refractivity contribution in [2.24, 2.45) is 0 Å². The lowest BCUT2D eigenvalue weighted by molar-refractivity contribution is -0.119. The van der Waals surface area contributed by atoms with Crippen LogP contribution < -0.4 is 10.6 Å². The van der Waals surface area contributed by atoms with Crippen molar-refractivity contribution in [3.05, 3.63) is 95.1 Å². The molecular weight excluding hydrogens is 396 g/mol. The van der Waals surface area contributed by atoms with Crippen LogP contribution in [0.4, 0.5) is 5.69 Å². The molecule has 3 aromatic rings. The molecule has 0 aliphatic rings. The van der Waals surface area contributed by atoms with Crippen molar-refractivity contribution in [1.29, 1.82) is 0 Å². The lowest BCUT2D eigenvalue weighted by Crippen LogP contribution is -2.26. The van der Waals surface area contributed by atoms with Crippen LogP contribution in [0.15, 0.2) is 72.8 Å². The van der Waals surface area contributed by atoms with E-state index >= 15 is 0 Å². The van der Waals surface area contributed by atoms with Crippen molar-refractivity contribution < 1.29 is 24.2 Å². The first-order chi connectivity index (χ1) is 14.9. The zero-order valence-corrected chi connectivity index (χ0v) is 16.9. The fourth-order valence-corrected chi connectivity index (χ4v) is 2.87. The van der Waals surface area contributed by atoms with Gasteiger partial charge in [-0.2, -0.15) is 0 Å². The Balaban J connectivity index is 1.59. The topological polar surface area (TPSA) is 105 Å². The second-order valence-electron chi connectivity index (χ2n) is 6.86. The summed E-state index contributed by atoms with van der Waals surface area (Å²) in [5, 5.41) is 15.2. The molecule has 158 valence electrons. The molecule has 31 heavy (non-hydrogen) atoms. The maximum absolute atomic E-state index is 12.6. The monoisotopic (exact) mass is 418 g/mol. The normalized spacial score (nSPS) is 10.2. The number of benzene rings is 3. The molecule has 0 unspecified atom stereocenters. The average molecular weight is 418 g/mol. The van der Waals surface area contributed by atoms with Gasteiger partial charge in [-0.1, -0.05) is 54.1 Å². The lowest BCUT2D eigenvalue weighted by Gasteiger charge is -2.12. The Morgan fingerprint density at radius 2 is 1.61 bits per heavy atom. The first-order valence-corrected chi connectivity index (χ1v) is 9.62. The van der Waals surface area contributed by atoms with Crippen molar-refractivity contribution in [1.82, 2.24) is 5.32 Å². The van der Waals surface area contributed by atoms with Crippen molar-refractivity contribution in [3.63, 3.8) is 0 Å². The van der Waals surface area contributed by atoms with Crippen molar-refractivity contribution in [2.75, 3.05) is 11.9 Å². The highest BCUT2D eigenvalue weighted by Crippen LogP contribution is 2.19.